The molecule has 1 aliphatic rings. The summed E-state index contributed by atoms with van der Waals surface area (Å²) in [6.07, 6.45) is 2.27. The Labute approximate surface area is 266 Å². The Morgan fingerprint density at radius 3 is 1.16 bits per heavy atom. The van der Waals surface area contributed by atoms with Gasteiger partial charge in [-0.1, -0.05) is 0 Å². The van der Waals surface area contributed by atoms with E-state index in [-0.39, 0.29) is 0 Å². The first kappa shape index (κ1) is 29.5. The first-order valence-corrected chi connectivity index (χ1v) is 24.0. The van der Waals surface area contributed by atoms with Crippen molar-refractivity contribution in [3.8, 4) is 0 Å². The summed E-state index contributed by atoms with van der Waals surface area (Å²) < 4.78 is 7.43. The van der Waals surface area contributed by atoms with Crippen molar-refractivity contribution in [1.29, 1.82) is 0 Å². The molecule has 44 heavy (non-hydrogen) atoms. The fourth-order valence-corrected chi connectivity index (χ4v) is 31.8. The van der Waals surface area contributed by atoms with Crippen molar-refractivity contribution in [1.82, 2.24) is 0 Å². The molecule has 220 valence electrons. The van der Waals surface area contributed by atoms with Gasteiger partial charge in [-0.2, -0.15) is 0 Å². The predicted molar refractivity (Wildman–Crippen MR) is 198 cm³/mol. The summed E-state index contributed by atoms with van der Waals surface area (Å²) in [4.78, 5) is 0. The quantitative estimate of drug-likeness (QED) is 0.118. The molecule has 0 atom stereocenters. The van der Waals surface area contributed by atoms with E-state index in [9.17, 15) is 0 Å². The third-order valence-electron chi connectivity index (χ3n) is 9.92. The van der Waals surface area contributed by atoms with E-state index < -0.39 is 25.3 Å². The van der Waals surface area contributed by atoms with Crippen LogP contribution in [0.3, 0.4) is 0 Å². The first-order chi connectivity index (χ1) is 21.5. The van der Waals surface area contributed by atoms with Crippen molar-refractivity contribution in [2.45, 2.75) is 51.9 Å². The van der Waals surface area contributed by atoms with E-state index in [1.54, 1.807) is 19.6 Å². The average Bonchev–Trinajstić information content (AvgIpc) is 3.49. The standard InChI is InChI=1S/C18H22P.4C6H5.Sb/c1-12(2)19(13(3)4)17-11-10-15-9-8-14-6-5-7-16(17)18(14)15;4*1-2-4-6-5-3-1;/h5-6,10-13H,8-9H2,1-4H3;4*1-5H;. The molecule has 0 saturated carbocycles. The van der Waals surface area contributed by atoms with Crippen molar-refractivity contribution in [3.63, 3.8) is 0 Å². The van der Waals surface area contributed by atoms with Gasteiger partial charge in [0.2, 0.25) is 0 Å². The number of aryl methyl sites for hydroxylation is 2. The van der Waals surface area contributed by atoms with Gasteiger partial charge in [0.15, 0.2) is 0 Å². The van der Waals surface area contributed by atoms with Gasteiger partial charge in [-0.15, -0.1) is 0 Å². The maximum atomic E-state index is 2.60. The summed E-state index contributed by atoms with van der Waals surface area (Å²) in [5.74, 6) is 0. The van der Waals surface area contributed by atoms with Crippen molar-refractivity contribution in [3.05, 3.63) is 157 Å². The molecule has 0 unspecified atom stereocenters. The Kier molecular flexibility index (Phi) is 7.81. The van der Waals surface area contributed by atoms with E-state index >= 15 is 0 Å². The molecule has 6 aromatic carbocycles. The van der Waals surface area contributed by atoms with Gasteiger partial charge in [-0.25, -0.2) is 0 Å². The van der Waals surface area contributed by atoms with Crippen LogP contribution in [0.25, 0.3) is 10.8 Å². The van der Waals surface area contributed by atoms with Crippen molar-refractivity contribution < 1.29 is 0 Å². The van der Waals surface area contributed by atoms with Crippen LogP contribution in [0.1, 0.15) is 38.8 Å². The molecule has 0 aliphatic heterocycles. The van der Waals surface area contributed by atoms with Gasteiger partial charge in [0.05, 0.1) is 0 Å². The van der Waals surface area contributed by atoms with Crippen molar-refractivity contribution in [2.24, 2.45) is 0 Å². The summed E-state index contributed by atoms with van der Waals surface area (Å²) in [5.41, 5.74) is 4.24. The normalized spacial score (nSPS) is 13.9. The van der Waals surface area contributed by atoms with Gasteiger partial charge >= 0.3 is 268 Å². The van der Waals surface area contributed by atoms with Crippen LogP contribution in [0, 0.1) is 0 Å². The van der Waals surface area contributed by atoms with E-state index in [1.165, 1.54) is 25.2 Å². The van der Waals surface area contributed by atoms with Gasteiger partial charge in [-0.05, 0) is 0 Å². The second-order valence-corrected chi connectivity index (χ2v) is 29.8. The van der Waals surface area contributed by atoms with E-state index in [1.807, 2.05) is 0 Å². The van der Waals surface area contributed by atoms with Crippen LogP contribution in [0.15, 0.2) is 146 Å². The molecule has 7 rings (SSSR count). The van der Waals surface area contributed by atoms with Crippen LogP contribution >= 0.6 is 7.92 Å². The molecule has 0 amide bonds. The zero-order valence-electron chi connectivity index (χ0n) is 26.3. The van der Waals surface area contributed by atoms with E-state index in [4.69, 9.17) is 0 Å². The van der Waals surface area contributed by atoms with Crippen LogP contribution in [0.5, 0.6) is 0 Å². The summed E-state index contributed by atoms with van der Waals surface area (Å²) in [6.45, 7) is 9.79. The van der Waals surface area contributed by atoms with Crippen LogP contribution in [0.2, 0.25) is 0 Å². The summed E-state index contributed by atoms with van der Waals surface area (Å²) >= 11 is -4.90. The Morgan fingerprint density at radius 2 is 0.795 bits per heavy atom. The maximum absolute atomic E-state index is 4.90. The summed E-state index contributed by atoms with van der Waals surface area (Å²) in [7, 11) is -0.400. The Hall–Kier alpha value is -3.17. The topological polar surface area (TPSA) is 0 Å². The van der Waals surface area contributed by atoms with Gasteiger partial charge in [0, 0.05) is 0 Å². The van der Waals surface area contributed by atoms with Crippen molar-refractivity contribution in [2.75, 3.05) is 0 Å². The summed E-state index contributed by atoms with van der Waals surface area (Å²) in [5, 5.41) is 4.71. The van der Waals surface area contributed by atoms with Crippen LogP contribution in [0.4, 0.5) is 0 Å². The molecular weight excluding hydrogens is 657 g/mol. The second kappa shape index (κ2) is 11.6. The van der Waals surface area contributed by atoms with E-state index in [0.717, 1.165) is 12.8 Å². The number of rotatable bonds is 8. The second-order valence-electron chi connectivity index (χ2n) is 12.8. The first-order valence-electron chi connectivity index (χ1n) is 16.1. The summed E-state index contributed by atoms with van der Waals surface area (Å²) in [6, 6.07) is 56.6. The number of benzene rings is 6. The molecule has 1 aliphatic carbocycles. The van der Waals surface area contributed by atoms with Gasteiger partial charge < -0.3 is 0 Å². The van der Waals surface area contributed by atoms with E-state index in [0.29, 0.717) is 11.3 Å². The monoisotopic (exact) mass is 698 g/mol. The Balaban J connectivity index is 1.85. The molecule has 0 N–H and O–H groups in total. The third-order valence-corrected chi connectivity index (χ3v) is 32.1. The molecule has 0 bridgehead atoms. The van der Waals surface area contributed by atoms with Crippen molar-refractivity contribution >= 4 is 58.9 Å². The Morgan fingerprint density at radius 1 is 0.432 bits per heavy atom. The average molecular weight is 700 g/mol. The molecular formula is C42H42PSb. The fourth-order valence-electron chi connectivity index (χ4n) is 8.39. The molecule has 0 radical (unpaired) electrons. The van der Waals surface area contributed by atoms with Gasteiger partial charge in [0.1, 0.15) is 0 Å². The molecule has 0 nitrogen and oxygen atoms in total. The molecule has 0 heterocycles. The van der Waals surface area contributed by atoms with Crippen LogP contribution < -0.4 is 22.9 Å². The molecule has 6 aromatic rings. The molecule has 0 aromatic heterocycles. The minimum atomic E-state index is -4.90. The van der Waals surface area contributed by atoms with Crippen LogP contribution in [-0.4, -0.2) is 28.7 Å². The number of hydrogen-bond donors (Lipinski definition) is 0. The molecule has 0 fully saturated rings. The molecule has 0 spiro atoms. The third kappa shape index (κ3) is 4.14. The SMILES string of the molecule is CC(C)P(c1ccc2c3c(cc[c]([Sb]([c]4ccccc4)([c]4ccccc4)([c]4ccccc4)[c]4ccccc4)c13)CC2)C(C)C. The predicted octanol–water partition coefficient (Wildman–Crippen LogP) is 7.10. The fraction of sp³-hybridized carbons (Fsp3) is 0.190. The molecule has 2 heteroatoms. The zero-order chi connectivity index (χ0) is 30.3. The van der Waals surface area contributed by atoms with E-state index in [2.05, 4.69) is 173 Å². The molecule has 0 saturated heterocycles. The zero-order valence-corrected chi connectivity index (χ0v) is 29.8. The van der Waals surface area contributed by atoms with Crippen LogP contribution in [-0.2, 0) is 12.8 Å². The minimum absolute atomic E-state index is 0.400. The Bertz CT molecular complexity index is 1720. The number of hydrogen-bond acceptors (Lipinski definition) is 0. The van der Waals surface area contributed by atoms with Gasteiger partial charge in [0.25, 0.3) is 0 Å². The van der Waals surface area contributed by atoms with Gasteiger partial charge in [-0.3, -0.25) is 0 Å².